The number of hydrogen-bond acceptors (Lipinski definition) is 3. The van der Waals surface area contributed by atoms with E-state index in [-0.39, 0.29) is 6.61 Å². The molecular weight excluding hydrogens is 148 g/mol. The molecule has 62 valence electrons. The first-order chi connectivity index (χ1) is 5.13. The van der Waals surface area contributed by atoms with Crippen LogP contribution < -0.4 is 0 Å². The third-order valence-electron chi connectivity index (χ3n) is 1.04. The predicted octanol–water partition coefficient (Wildman–Crippen LogP) is 0.436. The van der Waals surface area contributed by atoms with Gasteiger partial charge in [0, 0.05) is 0 Å². The van der Waals surface area contributed by atoms with Crippen LogP contribution in [0.1, 0.15) is 6.92 Å². The minimum Gasteiger partial charge on any atom is -0.480 e. The molecule has 0 radical (unpaired) electrons. The SMILES string of the molecule is C=CC(C(=O)O)C(=O)OCC. The molecule has 0 amide bonds. The summed E-state index contributed by atoms with van der Waals surface area (Å²) in [5.74, 6) is -3.25. The summed E-state index contributed by atoms with van der Waals surface area (Å²) in [6.45, 7) is 4.99. The normalized spacial score (nSPS) is 11.7. The van der Waals surface area contributed by atoms with Gasteiger partial charge in [-0.2, -0.15) is 0 Å². The van der Waals surface area contributed by atoms with Crippen molar-refractivity contribution in [3.8, 4) is 0 Å². The Morgan fingerprint density at radius 3 is 2.55 bits per heavy atom. The zero-order chi connectivity index (χ0) is 8.85. The number of aliphatic carboxylic acids is 1. The molecule has 0 aliphatic carbocycles. The van der Waals surface area contributed by atoms with Crippen LogP contribution >= 0.6 is 0 Å². The van der Waals surface area contributed by atoms with Gasteiger partial charge in [-0.3, -0.25) is 9.59 Å². The van der Waals surface area contributed by atoms with Crippen LogP contribution in [0.4, 0.5) is 0 Å². The van der Waals surface area contributed by atoms with Gasteiger partial charge in [0.2, 0.25) is 0 Å². The summed E-state index contributed by atoms with van der Waals surface area (Å²) in [7, 11) is 0. The van der Waals surface area contributed by atoms with Crippen LogP contribution in [0.5, 0.6) is 0 Å². The Balaban J connectivity index is 4.14. The molecule has 11 heavy (non-hydrogen) atoms. The van der Waals surface area contributed by atoms with E-state index in [0.29, 0.717) is 0 Å². The lowest BCUT2D eigenvalue weighted by molar-refractivity contribution is -0.155. The summed E-state index contributed by atoms with van der Waals surface area (Å²) in [5.41, 5.74) is 0. The van der Waals surface area contributed by atoms with E-state index in [1.165, 1.54) is 0 Å². The lowest BCUT2D eigenvalue weighted by Crippen LogP contribution is -2.23. The van der Waals surface area contributed by atoms with E-state index in [1.807, 2.05) is 0 Å². The van der Waals surface area contributed by atoms with Gasteiger partial charge in [0.05, 0.1) is 6.61 Å². The van der Waals surface area contributed by atoms with E-state index >= 15 is 0 Å². The van der Waals surface area contributed by atoms with Crippen LogP contribution in [0, 0.1) is 5.92 Å². The molecule has 0 saturated heterocycles. The average Bonchev–Trinajstić information content (AvgIpc) is 1.88. The highest BCUT2D eigenvalue weighted by Crippen LogP contribution is 2.00. The lowest BCUT2D eigenvalue weighted by atomic mass is 10.1. The molecule has 0 rings (SSSR count). The molecule has 0 spiro atoms. The van der Waals surface area contributed by atoms with E-state index in [4.69, 9.17) is 5.11 Å². The first-order valence-electron chi connectivity index (χ1n) is 3.15. The Morgan fingerprint density at radius 2 is 2.27 bits per heavy atom. The third kappa shape index (κ3) is 2.84. The Hall–Kier alpha value is -1.32. The van der Waals surface area contributed by atoms with Gasteiger partial charge in [-0.15, -0.1) is 6.58 Å². The minimum atomic E-state index is -1.24. The molecule has 0 aliphatic rings. The van der Waals surface area contributed by atoms with E-state index in [0.717, 1.165) is 6.08 Å². The topological polar surface area (TPSA) is 63.6 Å². The quantitative estimate of drug-likeness (QED) is 0.366. The van der Waals surface area contributed by atoms with Crippen molar-refractivity contribution in [3.63, 3.8) is 0 Å². The molecule has 0 aromatic rings. The third-order valence-corrected chi connectivity index (χ3v) is 1.04. The number of hydrogen-bond donors (Lipinski definition) is 1. The van der Waals surface area contributed by atoms with Crippen molar-refractivity contribution in [1.82, 2.24) is 0 Å². The van der Waals surface area contributed by atoms with Gasteiger partial charge in [0.1, 0.15) is 0 Å². The van der Waals surface area contributed by atoms with Crippen LogP contribution in [0.15, 0.2) is 12.7 Å². The molecule has 4 nitrogen and oxygen atoms in total. The summed E-state index contributed by atoms with van der Waals surface area (Å²) in [4.78, 5) is 21.0. The fraction of sp³-hybridized carbons (Fsp3) is 0.429. The maximum atomic E-state index is 10.7. The molecule has 1 unspecified atom stereocenters. The van der Waals surface area contributed by atoms with Gasteiger partial charge in [-0.25, -0.2) is 0 Å². The van der Waals surface area contributed by atoms with Crippen LogP contribution in [0.25, 0.3) is 0 Å². The summed E-state index contributed by atoms with van der Waals surface area (Å²) in [5, 5.41) is 8.40. The van der Waals surface area contributed by atoms with E-state index < -0.39 is 17.9 Å². The fourth-order valence-corrected chi connectivity index (χ4v) is 0.530. The monoisotopic (exact) mass is 158 g/mol. The molecule has 1 atom stereocenters. The van der Waals surface area contributed by atoms with Crippen molar-refractivity contribution in [2.75, 3.05) is 6.61 Å². The van der Waals surface area contributed by atoms with Gasteiger partial charge in [-0.05, 0) is 6.92 Å². The zero-order valence-corrected chi connectivity index (χ0v) is 6.24. The predicted molar refractivity (Wildman–Crippen MR) is 38.0 cm³/mol. The lowest BCUT2D eigenvalue weighted by Gasteiger charge is -2.04. The van der Waals surface area contributed by atoms with Crippen molar-refractivity contribution >= 4 is 11.9 Å². The Labute approximate surface area is 64.5 Å². The first-order valence-corrected chi connectivity index (χ1v) is 3.15. The summed E-state index contributed by atoms with van der Waals surface area (Å²) in [6.07, 6.45) is 1.04. The van der Waals surface area contributed by atoms with Crippen molar-refractivity contribution < 1.29 is 19.4 Å². The molecule has 4 heteroatoms. The van der Waals surface area contributed by atoms with Crippen LogP contribution in [-0.2, 0) is 14.3 Å². The highest BCUT2D eigenvalue weighted by atomic mass is 16.5. The first kappa shape index (κ1) is 9.68. The van der Waals surface area contributed by atoms with Gasteiger partial charge in [0.25, 0.3) is 0 Å². The van der Waals surface area contributed by atoms with Gasteiger partial charge in [-0.1, -0.05) is 6.08 Å². The average molecular weight is 158 g/mol. The maximum absolute atomic E-state index is 10.7. The Bertz CT molecular complexity index is 173. The molecule has 0 heterocycles. The summed E-state index contributed by atoms with van der Waals surface area (Å²) < 4.78 is 4.47. The number of esters is 1. The largest absolute Gasteiger partial charge is 0.480 e. The molecule has 1 N–H and O–H groups in total. The molecular formula is C7H10O4. The number of rotatable bonds is 4. The number of carboxylic acids is 1. The van der Waals surface area contributed by atoms with E-state index in [2.05, 4.69) is 11.3 Å². The Kier molecular flexibility index (Phi) is 3.95. The van der Waals surface area contributed by atoms with E-state index in [9.17, 15) is 9.59 Å². The van der Waals surface area contributed by atoms with Crippen LogP contribution in [0.3, 0.4) is 0 Å². The van der Waals surface area contributed by atoms with Crippen molar-refractivity contribution in [1.29, 1.82) is 0 Å². The second kappa shape index (κ2) is 4.49. The maximum Gasteiger partial charge on any atom is 0.324 e. The number of carboxylic acid groups (broad SMARTS) is 1. The minimum absolute atomic E-state index is 0.177. The standard InChI is InChI=1S/C7H10O4/c1-3-5(6(8)9)7(10)11-4-2/h3,5H,1,4H2,2H3,(H,8,9). The Morgan fingerprint density at radius 1 is 1.73 bits per heavy atom. The molecule has 0 fully saturated rings. The van der Waals surface area contributed by atoms with Crippen molar-refractivity contribution in [3.05, 3.63) is 12.7 Å². The zero-order valence-electron chi connectivity index (χ0n) is 6.24. The smallest absolute Gasteiger partial charge is 0.324 e. The number of carbonyl (C=O) groups is 2. The van der Waals surface area contributed by atoms with E-state index in [1.54, 1.807) is 6.92 Å². The van der Waals surface area contributed by atoms with Gasteiger partial charge in [0.15, 0.2) is 5.92 Å². The summed E-state index contributed by atoms with van der Waals surface area (Å²) >= 11 is 0. The van der Waals surface area contributed by atoms with Gasteiger partial charge < -0.3 is 9.84 Å². The van der Waals surface area contributed by atoms with Crippen LogP contribution in [-0.4, -0.2) is 23.7 Å². The molecule has 0 saturated carbocycles. The highest BCUT2D eigenvalue weighted by molar-refractivity contribution is 5.95. The van der Waals surface area contributed by atoms with Crippen molar-refractivity contribution in [2.24, 2.45) is 5.92 Å². The fourth-order valence-electron chi connectivity index (χ4n) is 0.530. The second-order valence-electron chi connectivity index (χ2n) is 1.80. The molecule has 0 aromatic carbocycles. The molecule has 0 aromatic heterocycles. The summed E-state index contributed by atoms with van der Waals surface area (Å²) in [6, 6.07) is 0. The number of ether oxygens (including phenoxy) is 1. The van der Waals surface area contributed by atoms with Gasteiger partial charge >= 0.3 is 11.9 Å². The van der Waals surface area contributed by atoms with Crippen LogP contribution in [0.2, 0.25) is 0 Å². The second-order valence-corrected chi connectivity index (χ2v) is 1.80. The molecule has 0 bridgehead atoms. The highest BCUT2D eigenvalue weighted by Gasteiger charge is 2.23. The van der Waals surface area contributed by atoms with Crippen molar-refractivity contribution in [2.45, 2.75) is 6.92 Å². The number of carbonyl (C=O) groups excluding carboxylic acids is 1. The molecule has 0 aliphatic heterocycles.